The Morgan fingerprint density at radius 3 is 1.46 bits per heavy atom. The largest absolute Gasteiger partial charge is 0.477 e. The average molecular weight is 795 g/mol. The second kappa shape index (κ2) is 39.1. The second-order valence-corrected chi connectivity index (χ2v) is 15.4. The first-order valence-electron chi connectivity index (χ1n) is 21.9. The summed E-state index contributed by atoms with van der Waals surface area (Å²) in [4.78, 5) is 37.0. The number of rotatable bonds is 37. The zero-order valence-electron chi connectivity index (χ0n) is 36.5. The molecule has 0 bridgehead atoms. The summed E-state index contributed by atoms with van der Waals surface area (Å²) in [6.07, 6.45) is 51.5. The lowest BCUT2D eigenvalue weighted by molar-refractivity contribution is -0.887. The quantitative estimate of drug-likeness (QED) is 0.0289. The van der Waals surface area contributed by atoms with Gasteiger partial charge in [0.15, 0.2) is 12.1 Å². The molecule has 0 amide bonds. The molecule has 0 aliphatic rings. The van der Waals surface area contributed by atoms with E-state index in [2.05, 4.69) is 74.6 Å². The maximum Gasteiger partial charge on any atom is 0.362 e. The third-order valence-electron chi connectivity index (χ3n) is 9.14. The molecule has 322 valence electrons. The van der Waals surface area contributed by atoms with Crippen LogP contribution < -0.4 is 0 Å². The zero-order chi connectivity index (χ0) is 42.1. The number of allylic oxidation sites excluding steroid dienone is 16. The van der Waals surface area contributed by atoms with E-state index in [1.807, 2.05) is 57.6 Å². The van der Waals surface area contributed by atoms with Crippen molar-refractivity contribution in [2.75, 3.05) is 41.0 Å². The normalized spacial score (nSPS) is 13.9. The number of hydrogen-bond donors (Lipinski definition) is 1. The summed E-state index contributed by atoms with van der Waals surface area (Å²) in [5.74, 6) is -1.53. The Labute approximate surface area is 347 Å². The molecule has 57 heavy (non-hydrogen) atoms. The number of carboxylic acids is 1. The average Bonchev–Trinajstić information content (AvgIpc) is 3.17. The molecule has 1 N–H and O–H groups in total. The van der Waals surface area contributed by atoms with E-state index in [1.165, 1.54) is 25.7 Å². The second-order valence-electron chi connectivity index (χ2n) is 15.4. The van der Waals surface area contributed by atoms with Gasteiger partial charge in [-0.3, -0.25) is 9.59 Å². The molecule has 2 unspecified atom stereocenters. The SMILES string of the molecule is CC/C=C/C=C/C=C/CCCCCCCCCC(=O)OCC(COCCC(C(=O)O)[N+](C)(C)C)OC(=O)CCCCCCC/C=C/C=C/C=C/C=C/C=C/CCC. The van der Waals surface area contributed by atoms with Gasteiger partial charge < -0.3 is 23.8 Å². The third kappa shape index (κ3) is 37.6. The first-order valence-corrected chi connectivity index (χ1v) is 21.9. The van der Waals surface area contributed by atoms with Crippen LogP contribution in [0.2, 0.25) is 0 Å². The maximum atomic E-state index is 12.7. The lowest BCUT2D eigenvalue weighted by atomic mass is 10.1. The van der Waals surface area contributed by atoms with Gasteiger partial charge in [0.05, 0.1) is 34.4 Å². The van der Waals surface area contributed by atoms with Crippen molar-refractivity contribution in [2.24, 2.45) is 0 Å². The van der Waals surface area contributed by atoms with Gasteiger partial charge >= 0.3 is 17.9 Å². The summed E-state index contributed by atoms with van der Waals surface area (Å²) >= 11 is 0. The van der Waals surface area contributed by atoms with Crippen molar-refractivity contribution in [3.8, 4) is 0 Å². The van der Waals surface area contributed by atoms with Gasteiger partial charge in [0, 0.05) is 19.3 Å². The van der Waals surface area contributed by atoms with Crippen LogP contribution in [0.5, 0.6) is 0 Å². The molecule has 0 heterocycles. The van der Waals surface area contributed by atoms with E-state index in [-0.39, 0.29) is 36.2 Å². The van der Waals surface area contributed by atoms with E-state index in [0.717, 1.165) is 83.5 Å². The van der Waals surface area contributed by atoms with E-state index in [0.29, 0.717) is 19.3 Å². The Morgan fingerprint density at radius 2 is 0.982 bits per heavy atom. The lowest BCUT2D eigenvalue weighted by Crippen LogP contribution is -2.50. The number of aliphatic carboxylic acids is 1. The number of esters is 2. The number of unbranched alkanes of at least 4 members (excludes halogenated alkanes) is 13. The summed E-state index contributed by atoms with van der Waals surface area (Å²) in [7, 11) is 5.50. The standard InChI is InChI=1S/C49H79NO7/c1-6-8-10-12-14-16-18-20-22-23-24-26-28-30-32-34-36-38-40-48(52)57-45(43-55-42-41-46(49(53)54)50(3,4)5)44-56-47(51)39-37-35-33-31-29-27-25-21-19-17-15-13-11-9-7-2/h9-20,22-24,26,45-46H,6-8,21,25,27-44H2,1-5H3/p+1/b11-9+,12-10+,15-13+,16-14+,19-17+,20-18+,23-22+,26-24+. The van der Waals surface area contributed by atoms with E-state index >= 15 is 0 Å². The van der Waals surface area contributed by atoms with Crippen molar-refractivity contribution in [2.45, 2.75) is 154 Å². The van der Waals surface area contributed by atoms with Crippen molar-refractivity contribution < 1.29 is 38.2 Å². The Hall–Kier alpha value is -3.75. The molecule has 0 radical (unpaired) electrons. The molecular weight excluding hydrogens is 715 g/mol. The molecule has 0 spiro atoms. The van der Waals surface area contributed by atoms with Crippen LogP contribution >= 0.6 is 0 Å². The Bertz CT molecular complexity index is 1250. The molecule has 0 aliphatic carbocycles. The molecule has 0 aromatic rings. The van der Waals surface area contributed by atoms with Crippen LogP contribution in [0.15, 0.2) is 97.2 Å². The first kappa shape index (κ1) is 53.2. The minimum Gasteiger partial charge on any atom is -0.477 e. The Kier molecular flexibility index (Phi) is 36.5. The van der Waals surface area contributed by atoms with Crippen LogP contribution in [0.1, 0.15) is 142 Å². The Morgan fingerprint density at radius 1 is 0.544 bits per heavy atom. The van der Waals surface area contributed by atoms with Gasteiger partial charge in [-0.1, -0.05) is 169 Å². The van der Waals surface area contributed by atoms with Crippen LogP contribution in [0.25, 0.3) is 0 Å². The molecule has 8 nitrogen and oxygen atoms in total. The van der Waals surface area contributed by atoms with Crippen LogP contribution in [0.3, 0.4) is 0 Å². The molecule has 0 rings (SSSR count). The molecule has 0 fully saturated rings. The van der Waals surface area contributed by atoms with Gasteiger partial charge in [-0.05, 0) is 51.4 Å². The number of carboxylic acid groups (broad SMARTS) is 1. The number of quaternary nitrogens is 1. The van der Waals surface area contributed by atoms with E-state index in [4.69, 9.17) is 14.2 Å². The van der Waals surface area contributed by atoms with Gasteiger partial charge in [0.2, 0.25) is 0 Å². The fraction of sp³-hybridized carbons (Fsp3) is 0.612. The fourth-order valence-electron chi connectivity index (χ4n) is 5.77. The molecule has 0 saturated carbocycles. The molecule has 0 aromatic carbocycles. The molecule has 0 saturated heterocycles. The van der Waals surface area contributed by atoms with Gasteiger partial charge in [-0.15, -0.1) is 0 Å². The summed E-state index contributed by atoms with van der Waals surface area (Å²) < 4.78 is 17.2. The number of likely N-dealkylation sites (N-methyl/N-ethyl adjacent to an activating group) is 1. The van der Waals surface area contributed by atoms with E-state index in [1.54, 1.807) is 0 Å². The predicted octanol–water partition coefficient (Wildman–Crippen LogP) is 11.9. The van der Waals surface area contributed by atoms with Crippen molar-refractivity contribution >= 4 is 17.9 Å². The number of hydrogen-bond acceptors (Lipinski definition) is 6. The fourth-order valence-corrected chi connectivity index (χ4v) is 5.77. The van der Waals surface area contributed by atoms with Crippen LogP contribution in [-0.4, -0.2) is 80.6 Å². The van der Waals surface area contributed by atoms with Crippen molar-refractivity contribution in [1.82, 2.24) is 0 Å². The minimum atomic E-state index is -0.887. The van der Waals surface area contributed by atoms with Gasteiger partial charge in [-0.2, -0.15) is 0 Å². The summed E-state index contributed by atoms with van der Waals surface area (Å²) in [6, 6.07) is -0.627. The number of carbonyl (C=O) groups is 3. The van der Waals surface area contributed by atoms with Crippen molar-refractivity contribution in [3.63, 3.8) is 0 Å². The third-order valence-corrected chi connectivity index (χ3v) is 9.14. The molecule has 8 heteroatoms. The first-order chi connectivity index (χ1) is 27.6. The molecule has 0 aliphatic heterocycles. The Balaban J connectivity index is 4.45. The summed E-state index contributed by atoms with van der Waals surface area (Å²) in [5, 5.41) is 9.62. The minimum absolute atomic E-state index is 0.0397. The van der Waals surface area contributed by atoms with E-state index < -0.39 is 18.1 Å². The van der Waals surface area contributed by atoms with Gasteiger partial charge in [0.1, 0.15) is 6.61 Å². The van der Waals surface area contributed by atoms with Gasteiger partial charge in [-0.25, -0.2) is 4.79 Å². The summed E-state index contributed by atoms with van der Waals surface area (Å²) in [5.41, 5.74) is 0. The lowest BCUT2D eigenvalue weighted by Gasteiger charge is -2.31. The van der Waals surface area contributed by atoms with Crippen molar-refractivity contribution in [3.05, 3.63) is 97.2 Å². The van der Waals surface area contributed by atoms with E-state index in [9.17, 15) is 19.5 Å². The zero-order valence-corrected chi connectivity index (χ0v) is 36.5. The van der Waals surface area contributed by atoms with Gasteiger partial charge in [0.25, 0.3) is 0 Å². The highest BCUT2D eigenvalue weighted by Gasteiger charge is 2.31. The molecule has 0 aromatic heterocycles. The monoisotopic (exact) mass is 795 g/mol. The number of nitrogens with zero attached hydrogens (tertiary/aromatic N) is 1. The highest BCUT2D eigenvalue weighted by Crippen LogP contribution is 2.13. The highest BCUT2D eigenvalue weighted by molar-refractivity contribution is 5.72. The number of ether oxygens (including phenoxy) is 3. The highest BCUT2D eigenvalue weighted by atomic mass is 16.6. The van der Waals surface area contributed by atoms with Crippen LogP contribution in [0.4, 0.5) is 0 Å². The summed E-state index contributed by atoms with van der Waals surface area (Å²) in [6.45, 7) is 4.45. The number of carbonyl (C=O) groups excluding carboxylic acids is 2. The maximum absolute atomic E-state index is 12.7. The topological polar surface area (TPSA) is 99.1 Å². The van der Waals surface area contributed by atoms with Crippen LogP contribution in [-0.2, 0) is 28.6 Å². The van der Waals surface area contributed by atoms with Crippen LogP contribution in [0, 0.1) is 0 Å². The molecular formula is C49H80NO7+. The predicted molar refractivity (Wildman–Crippen MR) is 238 cm³/mol. The van der Waals surface area contributed by atoms with Crippen molar-refractivity contribution in [1.29, 1.82) is 0 Å². The smallest absolute Gasteiger partial charge is 0.362 e. The molecule has 2 atom stereocenters.